The lowest BCUT2D eigenvalue weighted by molar-refractivity contribution is -0.136. The molecule has 1 aliphatic heterocycles. The van der Waals surface area contributed by atoms with Crippen LogP contribution >= 0.6 is 0 Å². The molecule has 0 spiro atoms. The number of nitrogens with one attached hydrogen (secondary N) is 1. The zero-order valence-electron chi connectivity index (χ0n) is 18.5. The molecule has 0 radical (unpaired) electrons. The van der Waals surface area contributed by atoms with Gasteiger partial charge >= 0.3 is 6.18 Å². The molecule has 172 valence electrons. The van der Waals surface area contributed by atoms with Crippen molar-refractivity contribution in [3.8, 4) is 0 Å². The van der Waals surface area contributed by atoms with Crippen LogP contribution in [-0.4, -0.2) is 44.2 Å². The topological polar surface area (TPSA) is 87.9 Å². The molecule has 0 bridgehead atoms. The second-order valence-corrected chi connectivity index (χ2v) is 8.76. The fraction of sp³-hybridized carbons (Fsp3) is 0.545. The van der Waals surface area contributed by atoms with E-state index in [0.717, 1.165) is 23.0 Å². The van der Waals surface area contributed by atoms with Crippen LogP contribution in [0.25, 0.3) is 11.1 Å². The molecule has 1 atom stereocenters. The molecule has 3 aromatic rings. The predicted molar refractivity (Wildman–Crippen MR) is 111 cm³/mol. The summed E-state index contributed by atoms with van der Waals surface area (Å²) in [5.74, 6) is -0.619. The number of carbonyl (C=O) groups is 1. The highest BCUT2D eigenvalue weighted by molar-refractivity contribution is 5.82. The SMILES string of the molecule is Cc1n[nH]c(C)c1CC(=O)N1CCCC(c2noc3nc(C(C)C)cc(C(F)(F)F)c23)C1. The van der Waals surface area contributed by atoms with Crippen LogP contribution in [0, 0.1) is 13.8 Å². The van der Waals surface area contributed by atoms with Gasteiger partial charge in [-0.1, -0.05) is 19.0 Å². The molecule has 1 saturated heterocycles. The highest BCUT2D eigenvalue weighted by Crippen LogP contribution is 2.40. The van der Waals surface area contributed by atoms with E-state index in [1.807, 2.05) is 13.8 Å². The largest absolute Gasteiger partial charge is 0.417 e. The van der Waals surface area contributed by atoms with Crippen LogP contribution in [0.5, 0.6) is 0 Å². The van der Waals surface area contributed by atoms with Crippen LogP contribution < -0.4 is 0 Å². The predicted octanol–water partition coefficient (Wildman–Crippen LogP) is 4.65. The number of carbonyl (C=O) groups excluding carboxylic acids is 1. The maximum atomic E-state index is 13.9. The molecule has 1 amide bonds. The number of hydrogen-bond acceptors (Lipinski definition) is 5. The molecule has 1 fully saturated rings. The number of piperidine rings is 1. The van der Waals surface area contributed by atoms with E-state index in [9.17, 15) is 18.0 Å². The number of hydrogen-bond donors (Lipinski definition) is 1. The summed E-state index contributed by atoms with van der Waals surface area (Å²) >= 11 is 0. The lowest BCUT2D eigenvalue weighted by Crippen LogP contribution is -2.40. The van der Waals surface area contributed by atoms with E-state index in [2.05, 4.69) is 20.3 Å². The Morgan fingerprint density at radius 1 is 1.34 bits per heavy atom. The molecule has 1 N–H and O–H groups in total. The van der Waals surface area contributed by atoms with E-state index < -0.39 is 11.7 Å². The summed E-state index contributed by atoms with van der Waals surface area (Å²) in [4.78, 5) is 18.9. The summed E-state index contributed by atoms with van der Waals surface area (Å²) in [6.45, 7) is 8.10. The van der Waals surface area contributed by atoms with E-state index in [1.165, 1.54) is 0 Å². The molecule has 0 aliphatic carbocycles. The molecule has 4 rings (SSSR count). The highest BCUT2D eigenvalue weighted by atomic mass is 19.4. The van der Waals surface area contributed by atoms with Gasteiger partial charge in [-0.2, -0.15) is 18.3 Å². The molecule has 32 heavy (non-hydrogen) atoms. The number of pyridine rings is 1. The molecule has 4 heterocycles. The van der Waals surface area contributed by atoms with Crippen molar-refractivity contribution in [1.29, 1.82) is 0 Å². The third-order valence-electron chi connectivity index (χ3n) is 6.16. The van der Waals surface area contributed by atoms with E-state index in [4.69, 9.17) is 4.52 Å². The van der Waals surface area contributed by atoms with Crippen LogP contribution in [0.15, 0.2) is 10.6 Å². The number of rotatable bonds is 4. The first-order chi connectivity index (χ1) is 15.1. The number of aromatic amines is 1. The van der Waals surface area contributed by atoms with Crippen LogP contribution in [0.1, 0.15) is 72.4 Å². The molecule has 7 nitrogen and oxygen atoms in total. The van der Waals surface area contributed by atoms with Crippen molar-refractivity contribution >= 4 is 17.0 Å². The molecule has 3 aromatic heterocycles. The molecule has 0 aromatic carbocycles. The lowest BCUT2D eigenvalue weighted by atomic mass is 9.91. The molecule has 10 heteroatoms. The van der Waals surface area contributed by atoms with E-state index >= 15 is 0 Å². The number of likely N-dealkylation sites (tertiary alicyclic amines) is 1. The Kier molecular flexibility index (Phi) is 5.72. The Morgan fingerprint density at radius 3 is 2.72 bits per heavy atom. The van der Waals surface area contributed by atoms with Crippen LogP contribution in [0.4, 0.5) is 13.2 Å². The fourth-order valence-corrected chi connectivity index (χ4v) is 4.31. The Morgan fingerprint density at radius 2 is 2.09 bits per heavy atom. The van der Waals surface area contributed by atoms with Gasteiger partial charge in [-0.05, 0) is 38.7 Å². The second kappa shape index (κ2) is 8.22. The van der Waals surface area contributed by atoms with Crippen molar-refractivity contribution in [2.24, 2.45) is 0 Å². The number of aryl methyl sites for hydroxylation is 2. The van der Waals surface area contributed by atoms with Crippen LogP contribution in [0.3, 0.4) is 0 Å². The third kappa shape index (κ3) is 4.10. The number of nitrogens with zero attached hydrogens (tertiary/aromatic N) is 4. The van der Waals surface area contributed by atoms with Gasteiger partial charge in [-0.3, -0.25) is 9.89 Å². The van der Waals surface area contributed by atoms with Gasteiger partial charge < -0.3 is 9.42 Å². The first-order valence-electron chi connectivity index (χ1n) is 10.7. The minimum absolute atomic E-state index is 0.0774. The normalized spacial score (nSPS) is 17.5. The average molecular weight is 449 g/mol. The third-order valence-corrected chi connectivity index (χ3v) is 6.16. The number of H-pyrrole nitrogens is 1. The summed E-state index contributed by atoms with van der Waals surface area (Å²) < 4.78 is 47.0. The standard InChI is InChI=1S/C22H26F3N5O2/c1-11(2)17-9-16(22(23,24)25)19-20(29-32-21(19)26-17)14-6-5-7-30(10-14)18(31)8-15-12(3)27-28-13(15)4/h9,11,14H,5-8,10H2,1-4H3,(H,27,28). The molecular formula is C22H26F3N5O2. The minimum atomic E-state index is -4.56. The maximum absolute atomic E-state index is 13.9. The number of halogens is 3. The fourth-order valence-electron chi connectivity index (χ4n) is 4.31. The summed E-state index contributed by atoms with van der Waals surface area (Å²) in [7, 11) is 0. The van der Waals surface area contributed by atoms with Gasteiger partial charge in [0.2, 0.25) is 5.91 Å². The zero-order valence-corrected chi connectivity index (χ0v) is 18.5. The molecule has 1 aliphatic rings. The summed E-state index contributed by atoms with van der Waals surface area (Å²) in [6, 6.07) is 1.09. The van der Waals surface area contributed by atoms with Crippen molar-refractivity contribution in [1.82, 2.24) is 25.2 Å². The maximum Gasteiger partial charge on any atom is 0.417 e. The Hall–Kier alpha value is -2.91. The Labute approximate surface area is 183 Å². The summed E-state index contributed by atoms with van der Waals surface area (Å²) in [5.41, 5.74) is 2.11. The van der Waals surface area contributed by atoms with Crippen molar-refractivity contribution in [2.75, 3.05) is 13.1 Å². The van der Waals surface area contributed by atoms with E-state index in [1.54, 1.807) is 18.7 Å². The van der Waals surface area contributed by atoms with Crippen molar-refractivity contribution in [3.63, 3.8) is 0 Å². The monoisotopic (exact) mass is 449 g/mol. The lowest BCUT2D eigenvalue weighted by Gasteiger charge is -2.32. The van der Waals surface area contributed by atoms with Gasteiger partial charge in [-0.15, -0.1) is 0 Å². The number of alkyl halides is 3. The first-order valence-corrected chi connectivity index (χ1v) is 10.7. The van der Waals surface area contributed by atoms with Gasteiger partial charge in [0.1, 0.15) is 0 Å². The van der Waals surface area contributed by atoms with Crippen molar-refractivity contribution < 1.29 is 22.5 Å². The van der Waals surface area contributed by atoms with Gasteiger partial charge in [-0.25, -0.2) is 4.98 Å². The zero-order chi connectivity index (χ0) is 23.2. The van der Waals surface area contributed by atoms with Crippen LogP contribution in [-0.2, 0) is 17.4 Å². The smallest absolute Gasteiger partial charge is 0.342 e. The van der Waals surface area contributed by atoms with E-state index in [-0.39, 0.29) is 41.0 Å². The van der Waals surface area contributed by atoms with Crippen molar-refractivity contribution in [3.05, 3.63) is 40.0 Å². The molecule has 1 unspecified atom stereocenters. The van der Waals surface area contributed by atoms with Gasteiger partial charge in [0, 0.05) is 36.0 Å². The molecule has 0 saturated carbocycles. The van der Waals surface area contributed by atoms with Gasteiger partial charge in [0.15, 0.2) is 0 Å². The second-order valence-electron chi connectivity index (χ2n) is 8.76. The summed E-state index contributed by atoms with van der Waals surface area (Å²) in [5, 5.41) is 10.9. The number of fused-ring (bicyclic) bond motifs is 1. The summed E-state index contributed by atoms with van der Waals surface area (Å²) in [6.07, 6.45) is -3.06. The minimum Gasteiger partial charge on any atom is -0.342 e. The van der Waals surface area contributed by atoms with Gasteiger partial charge in [0.05, 0.1) is 28.8 Å². The number of aromatic nitrogens is 4. The number of amides is 1. The van der Waals surface area contributed by atoms with Crippen LogP contribution in [0.2, 0.25) is 0 Å². The Bertz CT molecular complexity index is 1130. The quantitative estimate of drug-likeness (QED) is 0.626. The average Bonchev–Trinajstić information content (AvgIpc) is 3.30. The van der Waals surface area contributed by atoms with E-state index in [0.29, 0.717) is 31.6 Å². The molecular weight excluding hydrogens is 423 g/mol. The van der Waals surface area contributed by atoms with Crippen molar-refractivity contribution in [2.45, 2.75) is 65.0 Å². The first kappa shape index (κ1) is 22.3. The highest BCUT2D eigenvalue weighted by Gasteiger charge is 2.38. The van der Waals surface area contributed by atoms with Gasteiger partial charge in [0.25, 0.3) is 5.71 Å². The Balaban J connectivity index is 1.65.